The van der Waals surface area contributed by atoms with Crippen molar-refractivity contribution in [2.75, 3.05) is 13.1 Å². The minimum Gasteiger partial charge on any atom is -0.349 e. The average molecular weight is 210 g/mol. The Kier molecular flexibility index (Phi) is 4.35. The van der Waals surface area contributed by atoms with Gasteiger partial charge in [-0.1, -0.05) is 12.2 Å². The van der Waals surface area contributed by atoms with Crippen LogP contribution in [-0.2, 0) is 0 Å². The van der Waals surface area contributed by atoms with Crippen LogP contribution in [0.2, 0.25) is 0 Å². The summed E-state index contributed by atoms with van der Waals surface area (Å²) in [6.07, 6.45) is 3.67. The first-order valence-corrected chi connectivity index (χ1v) is 5.36. The Morgan fingerprint density at radius 2 is 2.36 bits per heavy atom. The molecule has 0 aliphatic rings. The van der Waals surface area contributed by atoms with Crippen LogP contribution in [0, 0.1) is 6.92 Å². The van der Waals surface area contributed by atoms with E-state index in [-0.39, 0.29) is 5.91 Å². The highest BCUT2D eigenvalue weighted by Gasteiger charge is 2.07. The summed E-state index contributed by atoms with van der Waals surface area (Å²) in [7, 11) is 0. The van der Waals surface area contributed by atoms with E-state index >= 15 is 0 Å². The molecule has 1 aromatic heterocycles. The molecule has 0 saturated carbocycles. The number of amides is 1. The number of thiophene rings is 1. The molecule has 1 aromatic rings. The van der Waals surface area contributed by atoms with E-state index < -0.39 is 0 Å². The maximum absolute atomic E-state index is 11.5. The largest absolute Gasteiger partial charge is 0.349 e. The first-order chi connectivity index (χ1) is 6.75. The van der Waals surface area contributed by atoms with Gasteiger partial charge < -0.3 is 11.1 Å². The van der Waals surface area contributed by atoms with Gasteiger partial charge in [-0.25, -0.2) is 0 Å². The zero-order valence-corrected chi connectivity index (χ0v) is 8.93. The monoisotopic (exact) mass is 210 g/mol. The molecule has 1 amide bonds. The van der Waals surface area contributed by atoms with Crippen molar-refractivity contribution in [3.05, 3.63) is 34.0 Å². The van der Waals surface area contributed by atoms with Gasteiger partial charge in [0.2, 0.25) is 0 Å². The molecular weight excluding hydrogens is 196 g/mol. The van der Waals surface area contributed by atoms with Gasteiger partial charge in [0, 0.05) is 18.5 Å². The van der Waals surface area contributed by atoms with Gasteiger partial charge in [-0.15, -0.1) is 0 Å². The molecule has 0 spiro atoms. The van der Waals surface area contributed by atoms with Crippen LogP contribution in [0.5, 0.6) is 0 Å². The second kappa shape index (κ2) is 5.57. The summed E-state index contributed by atoms with van der Waals surface area (Å²) in [5, 5.41) is 6.61. The van der Waals surface area contributed by atoms with Crippen molar-refractivity contribution in [3.8, 4) is 0 Å². The third kappa shape index (κ3) is 2.97. The molecule has 1 heterocycles. The molecular formula is C10H14N2OS. The SMILES string of the molecule is Cc1cscc1C(=O)NC/C=C/CN. The van der Waals surface area contributed by atoms with E-state index in [1.54, 1.807) is 0 Å². The van der Waals surface area contributed by atoms with Crippen LogP contribution < -0.4 is 11.1 Å². The Balaban J connectivity index is 2.44. The van der Waals surface area contributed by atoms with Crippen LogP contribution in [0.15, 0.2) is 22.9 Å². The molecule has 3 nitrogen and oxygen atoms in total. The van der Waals surface area contributed by atoms with Crippen LogP contribution in [0.4, 0.5) is 0 Å². The van der Waals surface area contributed by atoms with Crippen molar-refractivity contribution in [2.24, 2.45) is 5.73 Å². The van der Waals surface area contributed by atoms with Gasteiger partial charge in [-0.3, -0.25) is 4.79 Å². The molecule has 1 rings (SSSR count). The Hall–Kier alpha value is -1.13. The van der Waals surface area contributed by atoms with E-state index in [0.29, 0.717) is 13.1 Å². The van der Waals surface area contributed by atoms with E-state index in [4.69, 9.17) is 5.73 Å². The number of rotatable bonds is 4. The summed E-state index contributed by atoms with van der Waals surface area (Å²) in [6, 6.07) is 0. The van der Waals surface area contributed by atoms with Crippen LogP contribution in [0.25, 0.3) is 0 Å². The number of nitrogens with one attached hydrogen (secondary N) is 1. The molecule has 3 N–H and O–H groups in total. The van der Waals surface area contributed by atoms with Crippen molar-refractivity contribution in [3.63, 3.8) is 0 Å². The molecule has 0 aliphatic carbocycles. The number of hydrogen-bond acceptors (Lipinski definition) is 3. The molecule has 0 aromatic carbocycles. The first kappa shape index (κ1) is 10.9. The summed E-state index contributed by atoms with van der Waals surface area (Å²) < 4.78 is 0. The highest BCUT2D eigenvalue weighted by molar-refractivity contribution is 7.08. The molecule has 0 radical (unpaired) electrons. The fourth-order valence-electron chi connectivity index (χ4n) is 1.02. The average Bonchev–Trinajstić information content (AvgIpc) is 2.59. The minimum atomic E-state index is -0.0228. The van der Waals surface area contributed by atoms with Crippen molar-refractivity contribution >= 4 is 17.2 Å². The van der Waals surface area contributed by atoms with Gasteiger partial charge in [0.1, 0.15) is 0 Å². The van der Waals surface area contributed by atoms with Crippen LogP contribution in [-0.4, -0.2) is 19.0 Å². The maximum Gasteiger partial charge on any atom is 0.252 e. The summed E-state index contributed by atoms with van der Waals surface area (Å²) >= 11 is 1.54. The smallest absolute Gasteiger partial charge is 0.252 e. The number of carbonyl (C=O) groups is 1. The minimum absolute atomic E-state index is 0.0228. The Labute approximate surface area is 87.6 Å². The second-order valence-electron chi connectivity index (χ2n) is 2.89. The summed E-state index contributed by atoms with van der Waals surface area (Å²) in [6.45, 7) is 2.97. The van der Waals surface area contributed by atoms with E-state index in [0.717, 1.165) is 11.1 Å². The van der Waals surface area contributed by atoms with Gasteiger partial charge in [-0.2, -0.15) is 11.3 Å². The fraction of sp³-hybridized carbons (Fsp3) is 0.300. The molecule has 0 saturated heterocycles. The zero-order valence-electron chi connectivity index (χ0n) is 8.12. The normalized spacial score (nSPS) is 10.7. The van der Waals surface area contributed by atoms with E-state index in [1.165, 1.54) is 11.3 Å². The summed E-state index contributed by atoms with van der Waals surface area (Å²) in [5.41, 5.74) is 7.05. The predicted octanol–water partition coefficient (Wildman–Crippen LogP) is 1.30. The molecule has 0 aliphatic heterocycles. The molecule has 4 heteroatoms. The molecule has 0 atom stereocenters. The number of nitrogens with two attached hydrogens (primary N) is 1. The highest BCUT2D eigenvalue weighted by atomic mass is 32.1. The molecule has 0 bridgehead atoms. The van der Waals surface area contributed by atoms with E-state index in [1.807, 2.05) is 29.8 Å². The van der Waals surface area contributed by atoms with Crippen molar-refractivity contribution in [1.82, 2.24) is 5.32 Å². The van der Waals surface area contributed by atoms with E-state index in [2.05, 4.69) is 5.32 Å². The van der Waals surface area contributed by atoms with Crippen LogP contribution >= 0.6 is 11.3 Å². The summed E-state index contributed by atoms with van der Waals surface area (Å²) in [5.74, 6) is -0.0228. The quantitative estimate of drug-likeness (QED) is 0.736. The first-order valence-electron chi connectivity index (χ1n) is 4.41. The predicted molar refractivity (Wildman–Crippen MR) is 59.6 cm³/mol. The van der Waals surface area contributed by atoms with Crippen molar-refractivity contribution in [2.45, 2.75) is 6.92 Å². The van der Waals surface area contributed by atoms with Gasteiger partial charge in [-0.05, 0) is 17.9 Å². The number of aryl methyl sites for hydroxylation is 1. The third-order valence-corrected chi connectivity index (χ3v) is 2.64. The lowest BCUT2D eigenvalue weighted by Gasteiger charge is -2.00. The fourth-order valence-corrected chi connectivity index (χ4v) is 1.85. The second-order valence-corrected chi connectivity index (χ2v) is 3.63. The van der Waals surface area contributed by atoms with Gasteiger partial charge in [0.25, 0.3) is 5.91 Å². The Morgan fingerprint density at radius 1 is 1.57 bits per heavy atom. The van der Waals surface area contributed by atoms with Gasteiger partial charge >= 0.3 is 0 Å². The number of carbonyl (C=O) groups excluding carboxylic acids is 1. The molecule has 0 unspecified atom stereocenters. The van der Waals surface area contributed by atoms with Crippen LogP contribution in [0.3, 0.4) is 0 Å². The third-order valence-electron chi connectivity index (χ3n) is 1.78. The highest BCUT2D eigenvalue weighted by Crippen LogP contribution is 2.12. The Morgan fingerprint density at radius 3 is 2.93 bits per heavy atom. The standard InChI is InChI=1S/C10H14N2OS/c1-8-6-14-7-9(8)10(13)12-5-3-2-4-11/h2-3,6-7H,4-5,11H2,1H3,(H,12,13)/b3-2+. The van der Waals surface area contributed by atoms with Gasteiger partial charge in [0.15, 0.2) is 0 Å². The Bertz CT molecular complexity index is 331. The lowest BCUT2D eigenvalue weighted by molar-refractivity contribution is 0.0958. The van der Waals surface area contributed by atoms with E-state index in [9.17, 15) is 4.79 Å². The zero-order chi connectivity index (χ0) is 10.4. The summed E-state index contributed by atoms with van der Waals surface area (Å²) in [4.78, 5) is 11.5. The lowest BCUT2D eigenvalue weighted by Crippen LogP contribution is -2.23. The van der Waals surface area contributed by atoms with Crippen molar-refractivity contribution in [1.29, 1.82) is 0 Å². The molecule has 0 fully saturated rings. The lowest BCUT2D eigenvalue weighted by atomic mass is 10.2. The topological polar surface area (TPSA) is 55.1 Å². The van der Waals surface area contributed by atoms with Gasteiger partial charge in [0.05, 0.1) is 5.56 Å². The number of hydrogen-bond donors (Lipinski definition) is 2. The van der Waals surface area contributed by atoms with Crippen LogP contribution in [0.1, 0.15) is 15.9 Å². The van der Waals surface area contributed by atoms with Crippen molar-refractivity contribution < 1.29 is 4.79 Å². The maximum atomic E-state index is 11.5. The molecule has 76 valence electrons. The molecule has 14 heavy (non-hydrogen) atoms.